The Kier molecular flexibility index (Phi) is 11.4. The number of aromatic nitrogens is 2. The minimum Gasteiger partial charge on any atom is -0.480 e. The Bertz CT molecular complexity index is 784. The molecule has 0 spiro atoms. The summed E-state index contributed by atoms with van der Waals surface area (Å²) in [6.45, 7) is -0.124. The highest BCUT2D eigenvalue weighted by molar-refractivity contribution is 5.93. The lowest BCUT2D eigenvalue weighted by molar-refractivity contribution is -0.141. The molecule has 0 bridgehead atoms. The van der Waals surface area contributed by atoms with Crippen molar-refractivity contribution in [1.82, 2.24) is 25.9 Å². The maximum absolute atomic E-state index is 12.5. The van der Waals surface area contributed by atoms with E-state index in [-0.39, 0.29) is 12.8 Å². The molecule has 0 saturated carbocycles. The van der Waals surface area contributed by atoms with Crippen molar-refractivity contribution >= 4 is 29.6 Å². The van der Waals surface area contributed by atoms with Crippen molar-refractivity contribution in [3.8, 4) is 0 Å². The number of nitrogens with one attached hydrogen (secondary N) is 4. The number of unbranched alkanes of at least 4 members (excludes halogenated alkanes) is 1. The molecule has 3 unspecified atom stereocenters. The number of carboxylic acids is 1. The molecular formula is C18H30N8O6. The van der Waals surface area contributed by atoms with Crippen LogP contribution in [-0.4, -0.2) is 75.9 Å². The van der Waals surface area contributed by atoms with E-state index in [2.05, 4.69) is 25.9 Å². The molecule has 32 heavy (non-hydrogen) atoms. The Hall–Kier alpha value is -3.52. The highest BCUT2D eigenvalue weighted by Crippen LogP contribution is 2.03. The highest BCUT2D eigenvalue weighted by atomic mass is 16.4. The fourth-order valence-corrected chi connectivity index (χ4v) is 2.70. The van der Waals surface area contributed by atoms with Crippen LogP contribution in [-0.2, 0) is 30.4 Å². The van der Waals surface area contributed by atoms with E-state index < -0.39 is 60.7 Å². The van der Waals surface area contributed by atoms with Crippen LogP contribution in [0.3, 0.4) is 0 Å². The number of hydrogen-bond donors (Lipinski definition) is 8. The van der Waals surface area contributed by atoms with Crippen molar-refractivity contribution in [2.24, 2.45) is 17.2 Å². The molecule has 0 saturated heterocycles. The molecule has 178 valence electrons. The van der Waals surface area contributed by atoms with E-state index in [1.165, 1.54) is 12.5 Å². The number of carbonyl (C=O) groups is 5. The van der Waals surface area contributed by atoms with E-state index in [9.17, 15) is 29.1 Å². The molecule has 1 aromatic rings. The molecule has 0 fully saturated rings. The van der Waals surface area contributed by atoms with Gasteiger partial charge in [-0.1, -0.05) is 0 Å². The Morgan fingerprint density at radius 3 is 2.38 bits per heavy atom. The Morgan fingerprint density at radius 2 is 1.81 bits per heavy atom. The van der Waals surface area contributed by atoms with Crippen molar-refractivity contribution in [2.45, 2.75) is 50.2 Å². The van der Waals surface area contributed by atoms with Gasteiger partial charge in [-0.3, -0.25) is 19.2 Å². The van der Waals surface area contributed by atoms with E-state index in [0.29, 0.717) is 25.1 Å². The molecule has 14 heteroatoms. The monoisotopic (exact) mass is 454 g/mol. The molecule has 0 aliphatic rings. The molecule has 0 aliphatic heterocycles. The second-order valence-electron chi connectivity index (χ2n) is 7.08. The highest BCUT2D eigenvalue weighted by Gasteiger charge is 2.26. The molecule has 4 amide bonds. The number of aliphatic carboxylic acids is 1. The first-order valence-electron chi connectivity index (χ1n) is 9.95. The number of nitrogens with two attached hydrogens (primary N) is 3. The second kappa shape index (κ2) is 13.7. The number of rotatable bonds is 15. The van der Waals surface area contributed by atoms with Gasteiger partial charge in [0.2, 0.25) is 23.6 Å². The van der Waals surface area contributed by atoms with Crippen LogP contribution in [0.15, 0.2) is 12.5 Å². The normalized spacial score (nSPS) is 13.4. The van der Waals surface area contributed by atoms with E-state index in [1.54, 1.807) is 0 Å². The average Bonchev–Trinajstić information content (AvgIpc) is 3.23. The number of hydrogen-bond acceptors (Lipinski definition) is 8. The lowest BCUT2D eigenvalue weighted by atomic mass is 10.1. The van der Waals surface area contributed by atoms with Crippen molar-refractivity contribution in [3.05, 3.63) is 18.2 Å². The first kappa shape index (κ1) is 26.5. The van der Waals surface area contributed by atoms with Gasteiger partial charge < -0.3 is 43.2 Å². The average molecular weight is 454 g/mol. The lowest BCUT2D eigenvalue weighted by Crippen LogP contribution is -2.54. The molecule has 11 N–H and O–H groups in total. The van der Waals surface area contributed by atoms with Gasteiger partial charge in [0.1, 0.15) is 12.1 Å². The molecule has 3 atom stereocenters. The van der Waals surface area contributed by atoms with Crippen LogP contribution in [0.5, 0.6) is 0 Å². The molecular weight excluding hydrogens is 424 g/mol. The summed E-state index contributed by atoms with van der Waals surface area (Å²) >= 11 is 0. The number of nitrogens with zero attached hydrogens (tertiary/aromatic N) is 1. The number of H-pyrrole nitrogens is 1. The summed E-state index contributed by atoms with van der Waals surface area (Å²) in [5.41, 5.74) is 16.6. The third-order valence-corrected chi connectivity index (χ3v) is 4.37. The second-order valence-corrected chi connectivity index (χ2v) is 7.08. The van der Waals surface area contributed by atoms with Gasteiger partial charge in [-0.2, -0.15) is 0 Å². The summed E-state index contributed by atoms with van der Waals surface area (Å²) in [5.74, 6) is -4.17. The summed E-state index contributed by atoms with van der Waals surface area (Å²) in [6, 6.07) is -3.48. The van der Waals surface area contributed by atoms with Crippen LogP contribution in [0.2, 0.25) is 0 Å². The molecule has 1 aromatic heterocycles. The molecule has 0 aromatic carbocycles. The first-order valence-corrected chi connectivity index (χ1v) is 9.95. The topological polar surface area (TPSA) is 248 Å². The summed E-state index contributed by atoms with van der Waals surface area (Å²) in [5, 5.41) is 16.4. The molecule has 1 heterocycles. The molecule has 0 radical (unpaired) electrons. The van der Waals surface area contributed by atoms with Crippen LogP contribution >= 0.6 is 0 Å². The molecule has 14 nitrogen and oxygen atoms in total. The van der Waals surface area contributed by atoms with Crippen molar-refractivity contribution < 1.29 is 29.1 Å². The number of carboxylic acid groups (broad SMARTS) is 1. The van der Waals surface area contributed by atoms with Gasteiger partial charge in [-0.25, -0.2) is 9.78 Å². The Balaban J connectivity index is 2.64. The van der Waals surface area contributed by atoms with Gasteiger partial charge in [-0.05, 0) is 25.8 Å². The Morgan fingerprint density at radius 1 is 1.09 bits per heavy atom. The zero-order valence-electron chi connectivity index (χ0n) is 17.5. The number of primary amides is 1. The zero-order chi connectivity index (χ0) is 24.1. The van der Waals surface area contributed by atoms with Crippen molar-refractivity contribution in [2.75, 3.05) is 13.1 Å². The van der Waals surface area contributed by atoms with Crippen LogP contribution in [0.1, 0.15) is 31.4 Å². The summed E-state index contributed by atoms with van der Waals surface area (Å²) in [6.07, 6.45) is 3.73. The van der Waals surface area contributed by atoms with Crippen LogP contribution < -0.4 is 33.2 Å². The van der Waals surface area contributed by atoms with Gasteiger partial charge in [0.15, 0.2) is 0 Å². The van der Waals surface area contributed by atoms with Gasteiger partial charge in [-0.15, -0.1) is 0 Å². The minimum atomic E-state index is -1.25. The lowest BCUT2D eigenvalue weighted by Gasteiger charge is -2.20. The number of carbonyl (C=O) groups excluding carboxylic acids is 4. The number of imidazole rings is 1. The van der Waals surface area contributed by atoms with Gasteiger partial charge >= 0.3 is 5.97 Å². The van der Waals surface area contributed by atoms with E-state index >= 15 is 0 Å². The maximum atomic E-state index is 12.5. The van der Waals surface area contributed by atoms with Crippen molar-refractivity contribution in [1.29, 1.82) is 0 Å². The largest absolute Gasteiger partial charge is 0.480 e. The SMILES string of the molecule is NCCCCC(NC(=O)C(N)CC(N)=O)C(=O)NCC(=O)NC(Cc1cnc[nH]1)C(=O)O. The van der Waals surface area contributed by atoms with Gasteiger partial charge in [0.25, 0.3) is 0 Å². The maximum Gasteiger partial charge on any atom is 0.326 e. The predicted octanol–water partition coefficient (Wildman–Crippen LogP) is -3.55. The van der Waals surface area contributed by atoms with E-state index in [4.69, 9.17) is 17.2 Å². The summed E-state index contributed by atoms with van der Waals surface area (Å²) in [4.78, 5) is 65.6. The third kappa shape index (κ3) is 9.99. The fourth-order valence-electron chi connectivity index (χ4n) is 2.70. The number of aromatic amines is 1. The summed E-state index contributed by atoms with van der Waals surface area (Å²) < 4.78 is 0. The van der Waals surface area contributed by atoms with Crippen LogP contribution in [0.4, 0.5) is 0 Å². The Labute approximate surface area is 184 Å². The standard InChI is InChI=1S/C18H30N8O6/c19-4-2-1-3-12(26-16(29)11(20)6-14(21)27)17(30)23-8-15(28)25-13(18(31)32)5-10-7-22-9-24-10/h7,9,11-13H,1-6,8,19-20H2,(H2,21,27)(H,22,24)(H,23,30)(H,25,28)(H,26,29)(H,31,32). The first-order chi connectivity index (χ1) is 15.1. The van der Waals surface area contributed by atoms with Crippen molar-refractivity contribution in [3.63, 3.8) is 0 Å². The third-order valence-electron chi connectivity index (χ3n) is 4.37. The van der Waals surface area contributed by atoms with Crippen LogP contribution in [0.25, 0.3) is 0 Å². The molecule has 1 rings (SSSR count). The van der Waals surface area contributed by atoms with Gasteiger partial charge in [0, 0.05) is 18.3 Å². The number of amides is 4. The quantitative estimate of drug-likeness (QED) is 0.122. The molecule has 0 aliphatic carbocycles. The minimum absolute atomic E-state index is 0.0233. The smallest absolute Gasteiger partial charge is 0.326 e. The zero-order valence-corrected chi connectivity index (χ0v) is 17.5. The van der Waals surface area contributed by atoms with Crippen LogP contribution in [0, 0.1) is 0 Å². The van der Waals surface area contributed by atoms with E-state index in [1.807, 2.05) is 0 Å². The predicted molar refractivity (Wildman–Crippen MR) is 111 cm³/mol. The summed E-state index contributed by atoms with van der Waals surface area (Å²) in [7, 11) is 0. The van der Waals surface area contributed by atoms with E-state index in [0.717, 1.165) is 0 Å². The fraction of sp³-hybridized carbons (Fsp3) is 0.556. The van der Waals surface area contributed by atoms with Gasteiger partial charge in [0.05, 0.1) is 25.3 Å².